The van der Waals surface area contributed by atoms with Crippen LogP contribution in [0.5, 0.6) is 5.75 Å². The van der Waals surface area contributed by atoms with E-state index in [0.29, 0.717) is 43.2 Å². The van der Waals surface area contributed by atoms with E-state index < -0.39 is 17.5 Å². The number of carbonyl (C=O) groups excluding carboxylic acids is 1. The maximum absolute atomic E-state index is 14.8. The topological polar surface area (TPSA) is 80.1 Å². The van der Waals surface area contributed by atoms with Crippen molar-refractivity contribution in [1.29, 1.82) is 0 Å². The Hall–Kier alpha value is -2.43. The van der Waals surface area contributed by atoms with Crippen LogP contribution < -0.4 is 15.0 Å². The van der Waals surface area contributed by atoms with Gasteiger partial charge in [-0.2, -0.15) is 4.98 Å². The number of amides is 1. The molecule has 8 nitrogen and oxygen atoms in total. The molecule has 4 fully saturated rings. The zero-order chi connectivity index (χ0) is 25.6. The van der Waals surface area contributed by atoms with Crippen LogP contribution in [-0.2, 0) is 11.3 Å². The minimum atomic E-state index is -0.837. The lowest BCUT2D eigenvalue weighted by Crippen LogP contribution is -2.61. The lowest BCUT2D eigenvalue weighted by molar-refractivity contribution is -0.0191. The maximum atomic E-state index is 14.8. The van der Waals surface area contributed by atoms with Crippen LogP contribution in [0.4, 0.5) is 20.5 Å². The molecule has 0 spiro atoms. The molecular formula is C26H35ClF2N4O4. The second-order valence-electron chi connectivity index (χ2n) is 10.7. The summed E-state index contributed by atoms with van der Waals surface area (Å²) in [6.45, 7) is 6.23. The van der Waals surface area contributed by atoms with Crippen molar-refractivity contribution in [3.8, 4) is 5.75 Å². The molecule has 2 heterocycles. The van der Waals surface area contributed by atoms with E-state index >= 15 is 0 Å². The third kappa shape index (κ3) is 5.71. The Morgan fingerprint density at radius 3 is 2.41 bits per heavy atom. The first kappa shape index (κ1) is 27.6. The number of benzene rings is 1. The molecule has 2 aromatic rings. The van der Waals surface area contributed by atoms with Crippen molar-refractivity contribution in [2.45, 2.75) is 57.8 Å². The molecule has 0 radical (unpaired) electrons. The fourth-order valence-corrected chi connectivity index (χ4v) is 5.44. The van der Waals surface area contributed by atoms with Crippen molar-refractivity contribution >= 4 is 30.0 Å². The molecule has 204 valence electrons. The summed E-state index contributed by atoms with van der Waals surface area (Å²) < 4.78 is 46.8. The number of nitrogens with zero attached hydrogens (tertiary/aromatic N) is 3. The summed E-state index contributed by atoms with van der Waals surface area (Å²) in [5, 5.41) is 2.57. The first-order chi connectivity index (χ1) is 17.2. The predicted molar refractivity (Wildman–Crippen MR) is 138 cm³/mol. The lowest BCUT2D eigenvalue weighted by atomic mass is 9.64. The second-order valence-corrected chi connectivity index (χ2v) is 10.7. The number of oxazole rings is 1. The Morgan fingerprint density at radius 1 is 1.22 bits per heavy atom. The van der Waals surface area contributed by atoms with Gasteiger partial charge in [-0.25, -0.2) is 8.78 Å². The zero-order valence-corrected chi connectivity index (χ0v) is 22.5. The summed E-state index contributed by atoms with van der Waals surface area (Å²) >= 11 is 0. The highest BCUT2D eigenvalue weighted by molar-refractivity contribution is 6.03. The van der Waals surface area contributed by atoms with Gasteiger partial charge in [0.05, 0.1) is 25.7 Å². The number of hydrogen-bond donors (Lipinski definition) is 1. The minimum Gasteiger partial charge on any atom is -0.484 e. The molecule has 0 unspecified atom stereocenters. The highest BCUT2D eigenvalue weighted by Crippen LogP contribution is 2.47. The van der Waals surface area contributed by atoms with E-state index in [2.05, 4.69) is 10.3 Å². The number of hydrogen-bond acceptors (Lipinski definition) is 7. The first-order valence-electron chi connectivity index (χ1n) is 12.6. The van der Waals surface area contributed by atoms with Gasteiger partial charge >= 0.3 is 0 Å². The summed E-state index contributed by atoms with van der Waals surface area (Å²) in [5.41, 5.74) is -0.225. The molecule has 1 aliphatic heterocycles. The number of aromatic nitrogens is 1. The monoisotopic (exact) mass is 540 g/mol. The molecule has 3 aliphatic carbocycles. The number of anilines is 2. The van der Waals surface area contributed by atoms with Crippen LogP contribution in [0.3, 0.4) is 0 Å². The van der Waals surface area contributed by atoms with Crippen LogP contribution in [0.1, 0.15) is 55.8 Å². The summed E-state index contributed by atoms with van der Waals surface area (Å²) in [6, 6.07) is 2.48. The van der Waals surface area contributed by atoms with Crippen molar-refractivity contribution in [3.63, 3.8) is 0 Å². The molecular weight excluding hydrogens is 506 g/mol. The third-order valence-corrected chi connectivity index (χ3v) is 7.73. The molecule has 1 aromatic carbocycles. The maximum Gasteiger partial charge on any atom is 0.298 e. The van der Waals surface area contributed by atoms with Gasteiger partial charge < -0.3 is 24.1 Å². The smallest absolute Gasteiger partial charge is 0.298 e. The largest absolute Gasteiger partial charge is 0.484 e. The molecule has 1 N–H and O–H groups in total. The van der Waals surface area contributed by atoms with Gasteiger partial charge in [0.25, 0.3) is 11.9 Å². The Labute approximate surface area is 222 Å². The van der Waals surface area contributed by atoms with E-state index in [4.69, 9.17) is 13.9 Å². The van der Waals surface area contributed by atoms with E-state index in [0.717, 1.165) is 31.5 Å². The standard InChI is InChI=1S/C26H34F2N4O4.ClH/c1-5-31(3)12-21-22(30-25(36-21)32-13-26(2,14-32)34-4)24(33)29-17-10-19(27)23(20(28)11-17)35-18-8-15-6-16(7-15)9-18;/h10-11,15-16,18H,5-9,12-14H2,1-4H3,(H,29,33);1H. The Kier molecular flexibility index (Phi) is 8.02. The van der Waals surface area contributed by atoms with Crippen molar-refractivity contribution in [2.75, 3.05) is 44.0 Å². The van der Waals surface area contributed by atoms with E-state index in [1.54, 1.807) is 7.11 Å². The number of methoxy groups -OCH3 is 1. The SMILES string of the molecule is CCN(C)Cc1oc(N2CC(C)(OC)C2)nc1C(=O)Nc1cc(F)c(OC2CC3CC(C3)C2)c(F)c1.Cl. The lowest BCUT2D eigenvalue weighted by Gasteiger charge is -2.45. The van der Waals surface area contributed by atoms with E-state index in [1.165, 1.54) is 12.8 Å². The van der Waals surface area contributed by atoms with E-state index in [1.807, 2.05) is 30.7 Å². The van der Waals surface area contributed by atoms with Crippen LogP contribution >= 0.6 is 12.4 Å². The molecule has 6 rings (SSSR count). The number of rotatable bonds is 9. The molecule has 2 bridgehead atoms. The molecule has 0 atom stereocenters. The average molecular weight is 541 g/mol. The van der Waals surface area contributed by atoms with Gasteiger partial charge in [0.2, 0.25) is 0 Å². The van der Waals surface area contributed by atoms with Gasteiger partial charge in [-0.3, -0.25) is 9.69 Å². The molecule has 4 aliphatic rings. The van der Waals surface area contributed by atoms with Crippen LogP contribution in [0.25, 0.3) is 0 Å². The fourth-order valence-electron chi connectivity index (χ4n) is 5.44. The number of halogens is 3. The fraction of sp³-hybridized carbons (Fsp3) is 0.615. The van der Waals surface area contributed by atoms with Gasteiger partial charge in [-0.1, -0.05) is 6.92 Å². The normalized spacial score (nSPS) is 23.6. The minimum absolute atomic E-state index is 0. The van der Waals surface area contributed by atoms with Crippen molar-refractivity contribution in [1.82, 2.24) is 9.88 Å². The number of nitrogens with one attached hydrogen (secondary N) is 1. The highest BCUT2D eigenvalue weighted by atomic mass is 35.5. The Balaban J connectivity index is 0.00000320. The highest BCUT2D eigenvalue weighted by Gasteiger charge is 2.42. The number of carbonyl (C=O) groups is 1. The summed E-state index contributed by atoms with van der Waals surface area (Å²) in [4.78, 5) is 21.4. The summed E-state index contributed by atoms with van der Waals surface area (Å²) in [6.07, 6.45) is 3.88. The average Bonchev–Trinajstić information content (AvgIpc) is 3.22. The molecule has 1 amide bonds. The van der Waals surface area contributed by atoms with Gasteiger partial charge in [-0.05, 0) is 58.0 Å². The van der Waals surface area contributed by atoms with Crippen LogP contribution in [0, 0.1) is 23.5 Å². The van der Waals surface area contributed by atoms with Crippen LogP contribution in [-0.4, -0.2) is 61.3 Å². The predicted octanol–water partition coefficient (Wildman–Crippen LogP) is 4.87. The second kappa shape index (κ2) is 10.7. The third-order valence-electron chi connectivity index (χ3n) is 7.73. The van der Waals surface area contributed by atoms with Crippen molar-refractivity contribution in [3.05, 3.63) is 35.2 Å². The summed E-state index contributed by atoms with van der Waals surface area (Å²) in [7, 11) is 3.55. The van der Waals surface area contributed by atoms with Gasteiger partial charge in [0.15, 0.2) is 28.8 Å². The Bertz CT molecular complexity index is 1100. The zero-order valence-electron chi connectivity index (χ0n) is 21.7. The quantitative estimate of drug-likeness (QED) is 0.486. The van der Waals surface area contributed by atoms with Crippen LogP contribution in [0.2, 0.25) is 0 Å². The Morgan fingerprint density at radius 2 is 1.84 bits per heavy atom. The number of ether oxygens (including phenoxy) is 2. The van der Waals surface area contributed by atoms with E-state index in [9.17, 15) is 13.6 Å². The van der Waals surface area contributed by atoms with Gasteiger partial charge in [0, 0.05) is 24.9 Å². The van der Waals surface area contributed by atoms with E-state index in [-0.39, 0.29) is 41.2 Å². The first-order valence-corrected chi connectivity index (χ1v) is 12.6. The van der Waals surface area contributed by atoms with Crippen molar-refractivity contribution in [2.24, 2.45) is 11.8 Å². The van der Waals surface area contributed by atoms with Crippen molar-refractivity contribution < 1.29 is 27.5 Å². The molecule has 3 saturated carbocycles. The molecule has 11 heteroatoms. The number of fused-ring (bicyclic) bond motifs is 2. The van der Waals surface area contributed by atoms with Gasteiger partial charge in [-0.15, -0.1) is 12.4 Å². The van der Waals surface area contributed by atoms with Gasteiger partial charge in [0.1, 0.15) is 5.60 Å². The molecule has 37 heavy (non-hydrogen) atoms. The van der Waals surface area contributed by atoms with Crippen LogP contribution in [0.15, 0.2) is 16.5 Å². The summed E-state index contributed by atoms with van der Waals surface area (Å²) in [5.74, 6) is -1.06. The molecule has 1 aromatic heterocycles. The molecule has 1 saturated heterocycles.